The van der Waals surface area contributed by atoms with Crippen LogP contribution in [0.4, 0.5) is 0 Å². The minimum Gasteiger partial charge on any atom is -0.496 e. The molecular formula is C20H21ClN2O5. The minimum atomic E-state index is -0.538. The molecule has 0 unspecified atom stereocenters. The predicted octanol–water partition coefficient (Wildman–Crippen LogP) is 2.98. The molecule has 1 saturated heterocycles. The molecule has 148 valence electrons. The fraction of sp³-hybridized carbons (Fsp3) is 0.300. The number of hydrazine groups is 1. The SMILES string of the molecule is COc1ccc(Cl)cc1C(=O)NNC(=O)c1ccc(OC[C@@H]2CCCO2)cc1. The van der Waals surface area contributed by atoms with Gasteiger partial charge >= 0.3 is 0 Å². The number of rotatable bonds is 6. The summed E-state index contributed by atoms with van der Waals surface area (Å²) >= 11 is 5.92. The van der Waals surface area contributed by atoms with Crippen LogP contribution >= 0.6 is 11.6 Å². The molecule has 1 heterocycles. The monoisotopic (exact) mass is 404 g/mol. The van der Waals surface area contributed by atoms with E-state index < -0.39 is 11.8 Å². The fourth-order valence-electron chi connectivity index (χ4n) is 2.78. The second-order valence-electron chi connectivity index (χ2n) is 6.22. The van der Waals surface area contributed by atoms with Crippen LogP contribution < -0.4 is 20.3 Å². The number of amides is 2. The van der Waals surface area contributed by atoms with Gasteiger partial charge < -0.3 is 14.2 Å². The van der Waals surface area contributed by atoms with Crippen LogP contribution in [-0.4, -0.2) is 38.2 Å². The van der Waals surface area contributed by atoms with E-state index in [9.17, 15) is 9.59 Å². The maximum atomic E-state index is 12.3. The van der Waals surface area contributed by atoms with Gasteiger partial charge in [-0.15, -0.1) is 0 Å². The molecule has 8 heteroatoms. The first-order chi connectivity index (χ1) is 13.6. The highest BCUT2D eigenvalue weighted by Gasteiger charge is 2.17. The molecule has 2 aromatic rings. The Kier molecular flexibility index (Phi) is 6.73. The molecule has 1 aliphatic heterocycles. The Balaban J connectivity index is 1.53. The molecule has 0 bridgehead atoms. The van der Waals surface area contributed by atoms with E-state index in [1.165, 1.54) is 13.2 Å². The van der Waals surface area contributed by atoms with Gasteiger partial charge in [-0.25, -0.2) is 0 Å². The number of hydrogen-bond acceptors (Lipinski definition) is 5. The van der Waals surface area contributed by atoms with E-state index in [2.05, 4.69) is 10.9 Å². The quantitative estimate of drug-likeness (QED) is 0.723. The number of methoxy groups -OCH3 is 1. The normalized spacial score (nSPS) is 15.7. The summed E-state index contributed by atoms with van der Waals surface area (Å²) in [4.78, 5) is 24.5. The number of halogens is 1. The van der Waals surface area contributed by atoms with Crippen LogP contribution in [0.2, 0.25) is 5.02 Å². The zero-order chi connectivity index (χ0) is 19.9. The third-order valence-electron chi connectivity index (χ3n) is 4.27. The maximum absolute atomic E-state index is 12.3. The van der Waals surface area contributed by atoms with Crippen molar-refractivity contribution in [1.29, 1.82) is 0 Å². The van der Waals surface area contributed by atoms with E-state index in [-0.39, 0.29) is 11.7 Å². The fourth-order valence-corrected chi connectivity index (χ4v) is 2.95. The zero-order valence-corrected chi connectivity index (χ0v) is 16.1. The lowest BCUT2D eigenvalue weighted by molar-refractivity contribution is 0.0679. The molecule has 2 aromatic carbocycles. The van der Waals surface area contributed by atoms with Gasteiger partial charge in [0.2, 0.25) is 0 Å². The molecule has 0 aromatic heterocycles. The maximum Gasteiger partial charge on any atom is 0.273 e. The van der Waals surface area contributed by atoms with E-state index in [0.29, 0.717) is 28.7 Å². The van der Waals surface area contributed by atoms with E-state index >= 15 is 0 Å². The summed E-state index contributed by atoms with van der Waals surface area (Å²) in [7, 11) is 1.45. The van der Waals surface area contributed by atoms with Crippen LogP contribution in [0.1, 0.15) is 33.6 Å². The molecule has 3 rings (SSSR count). The van der Waals surface area contributed by atoms with Gasteiger partial charge in [-0.3, -0.25) is 20.4 Å². The summed E-state index contributed by atoms with van der Waals surface area (Å²) in [6, 6.07) is 11.3. The Labute approximate surface area is 167 Å². The third-order valence-corrected chi connectivity index (χ3v) is 4.51. The predicted molar refractivity (Wildman–Crippen MR) is 104 cm³/mol. The largest absolute Gasteiger partial charge is 0.496 e. The highest BCUT2D eigenvalue weighted by Crippen LogP contribution is 2.22. The molecule has 7 nitrogen and oxygen atoms in total. The van der Waals surface area contributed by atoms with Gasteiger partial charge in [0.25, 0.3) is 11.8 Å². The first kappa shape index (κ1) is 20.0. The van der Waals surface area contributed by atoms with Crippen molar-refractivity contribution < 1.29 is 23.8 Å². The molecule has 0 radical (unpaired) electrons. The van der Waals surface area contributed by atoms with Gasteiger partial charge in [0.1, 0.15) is 18.1 Å². The Morgan fingerprint density at radius 2 is 1.89 bits per heavy atom. The van der Waals surface area contributed by atoms with Crippen molar-refractivity contribution in [3.05, 3.63) is 58.6 Å². The molecule has 0 saturated carbocycles. The molecule has 1 fully saturated rings. The Morgan fingerprint density at radius 3 is 2.57 bits per heavy atom. The number of ether oxygens (including phenoxy) is 3. The Morgan fingerprint density at radius 1 is 1.14 bits per heavy atom. The van der Waals surface area contributed by atoms with Gasteiger partial charge in [0.05, 0.1) is 18.8 Å². The summed E-state index contributed by atoms with van der Waals surface area (Å²) in [5.41, 5.74) is 5.31. The van der Waals surface area contributed by atoms with Crippen LogP contribution in [0.3, 0.4) is 0 Å². The lowest BCUT2D eigenvalue weighted by Crippen LogP contribution is -2.41. The molecule has 2 N–H and O–H groups in total. The standard InChI is InChI=1S/C20H21ClN2O5/c1-26-18-9-6-14(21)11-17(18)20(25)23-22-19(24)13-4-7-15(8-5-13)28-12-16-3-2-10-27-16/h4-9,11,16H,2-3,10,12H2,1H3,(H,22,24)(H,23,25)/t16-/m0/s1. The first-order valence-electron chi connectivity index (χ1n) is 8.85. The Bertz CT molecular complexity index is 835. The summed E-state index contributed by atoms with van der Waals surface area (Å²) in [6.07, 6.45) is 2.18. The van der Waals surface area contributed by atoms with Crippen molar-refractivity contribution in [1.82, 2.24) is 10.9 Å². The van der Waals surface area contributed by atoms with Crippen molar-refractivity contribution in [2.24, 2.45) is 0 Å². The topological polar surface area (TPSA) is 85.9 Å². The van der Waals surface area contributed by atoms with Gasteiger partial charge in [-0.1, -0.05) is 11.6 Å². The highest BCUT2D eigenvalue weighted by molar-refractivity contribution is 6.31. The van der Waals surface area contributed by atoms with E-state index in [4.69, 9.17) is 25.8 Å². The number of hydrogen-bond donors (Lipinski definition) is 2. The second-order valence-corrected chi connectivity index (χ2v) is 6.66. The molecule has 0 aliphatic carbocycles. The van der Waals surface area contributed by atoms with Crippen LogP contribution in [0.25, 0.3) is 0 Å². The van der Waals surface area contributed by atoms with Crippen molar-refractivity contribution in [3.8, 4) is 11.5 Å². The van der Waals surface area contributed by atoms with E-state index in [1.807, 2.05) is 0 Å². The number of nitrogens with one attached hydrogen (secondary N) is 2. The van der Waals surface area contributed by atoms with Crippen LogP contribution in [0.15, 0.2) is 42.5 Å². The molecule has 0 spiro atoms. The van der Waals surface area contributed by atoms with Crippen LogP contribution in [-0.2, 0) is 4.74 Å². The lowest BCUT2D eigenvalue weighted by atomic mass is 10.2. The summed E-state index contributed by atoms with van der Waals surface area (Å²) in [5.74, 6) is 0.00730. The smallest absolute Gasteiger partial charge is 0.273 e. The molecule has 2 amide bonds. The van der Waals surface area contributed by atoms with Gasteiger partial charge in [-0.05, 0) is 55.3 Å². The number of carbonyl (C=O) groups is 2. The number of benzene rings is 2. The van der Waals surface area contributed by atoms with Crippen molar-refractivity contribution in [2.45, 2.75) is 18.9 Å². The zero-order valence-electron chi connectivity index (χ0n) is 15.4. The summed E-state index contributed by atoms with van der Waals surface area (Å²) < 4.78 is 16.3. The average molecular weight is 405 g/mol. The molecule has 1 aliphatic rings. The van der Waals surface area contributed by atoms with Gasteiger partial charge in [0, 0.05) is 17.2 Å². The van der Waals surface area contributed by atoms with Crippen molar-refractivity contribution in [2.75, 3.05) is 20.3 Å². The molecule has 1 atom stereocenters. The summed E-state index contributed by atoms with van der Waals surface area (Å²) in [5, 5.41) is 0.385. The average Bonchev–Trinajstić information content (AvgIpc) is 3.24. The minimum absolute atomic E-state index is 0.127. The molecule has 28 heavy (non-hydrogen) atoms. The lowest BCUT2D eigenvalue weighted by Gasteiger charge is -2.12. The third kappa shape index (κ3) is 5.15. The second kappa shape index (κ2) is 9.43. The van der Waals surface area contributed by atoms with Crippen molar-refractivity contribution in [3.63, 3.8) is 0 Å². The number of carbonyl (C=O) groups excluding carboxylic acids is 2. The van der Waals surface area contributed by atoms with Crippen LogP contribution in [0.5, 0.6) is 11.5 Å². The highest BCUT2D eigenvalue weighted by atomic mass is 35.5. The van der Waals surface area contributed by atoms with Gasteiger partial charge in [0.15, 0.2) is 0 Å². The van der Waals surface area contributed by atoms with Gasteiger partial charge in [-0.2, -0.15) is 0 Å². The van der Waals surface area contributed by atoms with E-state index in [1.54, 1.807) is 36.4 Å². The van der Waals surface area contributed by atoms with Crippen molar-refractivity contribution >= 4 is 23.4 Å². The van der Waals surface area contributed by atoms with Crippen LogP contribution in [0, 0.1) is 0 Å². The summed E-state index contributed by atoms with van der Waals surface area (Å²) in [6.45, 7) is 1.27. The molecular weight excluding hydrogens is 384 g/mol. The Hall–Kier alpha value is -2.77. The first-order valence-corrected chi connectivity index (χ1v) is 9.23. The van der Waals surface area contributed by atoms with E-state index in [0.717, 1.165) is 19.4 Å².